The molecule has 2 rings (SSSR count). The molecule has 124 valence electrons. The van der Waals surface area contributed by atoms with Crippen molar-refractivity contribution in [1.29, 1.82) is 0 Å². The summed E-state index contributed by atoms with van der Waals surface area (Å²) in [6.07, 6.45) is 0. The second kappa shape index (κ2) is 10.0. The first kappa shape index (κ1) is 17.5. The third kappa shape index (κ3) is 6.51. The number of hydrogen-bond acceptors (Lipinski definition) is 6. The second-order valence-corrected chi connectivity index (χ2v) is 6.84. The van der Waals surface area contributed by atoms with E-state index in [2.05, 4.69) is 27.1 Å². The second-order valence-electron chi connectivity index (χ2n) is 4.84. The Morgan fingerprint density at radius 1 is 1.27 bits per heavy atom. The van der Waals surface area contributed by atoms with E-state index in [0.717, 1.165) is 61.6 Å². The fourth-order valence-electron chi connectivity index (χ4n) is 2.01. The van der Waals surface area contributed by atoms with Gasteiger partial charge in [-0.05, 0) is 24.1 Å². The lowest BCUT2D eigenvalue weighted by molar-refractivity contribution is 0.0312. The standard InChI is InChI=1S/C14H23N3O3S2/c1-15-14(18)16-22-9-8-21-11-13-3-2-12(20-13)10-17-4-6-19-7-5-17/h2-3H,4-11H2,1H3,(H2,15,16,18). The Hall–Kier alpha value is -0.830. The molecule has 1 aromatic rings. The minimum atomic E-state index is -0.159. The monoisotopic (exact) mass is 345 g/mol. The van der Waals surface area contributed by atoms with E-state index in [-0.39, 0.29) is 6.03 Å². The van der Waals surface area contributed by atoms with Crippen LogP contribution in [0.4, 0.5) is 4.79 Å². The number of carbonyl (C=O) groups excluding carboxylic acids is 1. The van der Waals surface area contributed by atoms with E-state index in [1.807, 2.05) is 0 Å². The summed E-state index contributed by atoms with van der Waals surface area (Å²) in [5, 5.41) is 2.51. The van der Waals surface area contributed by atoms with Crippen molar-refractivity contribution in [2.75, 3.05) is 44.9 Å². The predicted molar refractivity (Wildman–Crippen MR) is 91.0 cm³/mol. The maximum Gasteiger partial charge on any atom is 0.324 e. The average molecular weight is 345 g/mol. The SMILES string of the molecule is CNC(=O)NSCCSCc1ccc(CN2CCOCC2)o1. The molecule has 0 atom stereocenters. The Labute approximate surface area is 139 Å². The van der Waals surface area contributed by atoms with Crippen molar-refractivity contribution in [3.63, 3.8) is 0 Å². The molecule has 6 nitrogen and oxygen atoms in total. The molecule has 1 saturated heterocycles. The van der Waals surface area contributed by atoms with Gasteiger partial charge in [0.2, 0.25) is 0 Å². The normalized spacial score (nSPS) is 15.7. The van der Waals surface area contributed by atoms with Crippen molar-refractivity contribution in [3.05, 3.63) is 23.7 Å². The number of hydrogen-bond donors (Lipinski definition) is 2. The highest BCUT2D eigenvalue weighted by Crippen LogP contribution is 2.17. The molecule has 1 fully saturated rings. The van der Waals surface area contributed by atoms with E-state index in [1.54, 1.807) is 18.8 Å². The van der Waals surface area contributed by atoms with Gasteiger partial charge in [-0.1, -0.05) is 0 Å². The van der Waals surface area contributed by atoms with Gasteiger partial charge >= 0.3 is 6.03 Å². The number of urea groups is 1. The van der Waals surface area contributed by atoms with E-state index >= 15 is 0 Å². The molecule has 1 aromatic heterocycles. The van der Waals surface area contributed by atoms with Crippen LogP contribution in [0.2, 0.25) is 0 Å². The van der Waals surface area contributed by atoms with Crippen LogP contribution in [0.25, 0.3) is 0 Å². The molecule has 0 spiro atoms. The molecule has 0 bridgehead atoms. The number of morpholine rings is 1. The number of carbonyl (C=O) groups is 1. The minimum absolute atomic E-state index is 0.159. The van der Waals surface area contributed by atoms with Crippen LogP contribution in [0.1, 0.15) is 11.5 Å². The van der Waals surface area contributed by atoms with Gasteiger partial charge in [-0.15, -0.1) is 0 Å². The molecule has 0 aliphatic carbocycles. The highest BCUT2D eigenvalue weighted by molar-refractivity contribution is 8.01. The number of furan rings is 1. The van der Waals surface area contributed by atoms with Crippen molar-refractivity contribution in [2.24, 2.45) is 0 Å². The zero-order chi connectivity index (χ0) is 15.6. The van der Waals surface area contributed by atoms with E-state index in [4.69, 9.17) is 9.15 Å². The quantitative estimate of drug-likeness (QED) is 0.554. The van der Waals surface area contributed by atoms with E-state index in [1.165, 1.54) is 11.9 Å². The summed E-state index contributed by atoms with van der Waals surface area (Å²) in [6.45, 7) is 4.43. The van der Waals surface area contributed by atoms with Crippen molar-refractivity contribution >= 4 is 29.7 Å². The third-order valence-electron chi connectivity index (χ3n) is 3.17. The van der Waals surface area contributed by atoms with E-state index in [9.17, 15) is 4.79 Å². The predicted octanol–water partition coefficient (Wildman–Crippen LogP) is 1.92. The Bertz CT molecular complexity index is 450. The number of nitrogens with zero attached hydrogens (tertiary/aromatic N) is 1. The van der Waals surface area contributed by atoms with Gasteiger partial charge in [-0.2, -0.15) is 11.8 Å². The van der Waals surface area contributed by atoms with E-state index < -0.39 is 0 Å². The van der Waals surface area contributed by atoms with Crippen molar-refractivity contribution in [2.45, 2.75) is 12.3 Å². The average Bonchev–Trinajstić information content (AvgIpc) is 2.98. The lowest BCUT2D eigenvalue weighted by Gasteiger charge is -2.25. The largest absolute Gasteiger partial charge is 0.464 e. The van der Waals surface area contributed by atoms with Gasteiger partial charge < -0.3 is 14.5 Å². The summed E-state index contributed by atoms with van der Waals surface area (Å²) in [5.41, 5.74) is 0. The van der Waals surface area contributed by atoms with Gasteiger partial charge in [-0.3, -0.25) is 9.62 Å². The van der Waals surface area contributed by atoms with Crippen LogP contribution >= 0.6 is 23.7 Å². The number of ether oxygens (including phenoxy) is 1. The van der Waals surface area contributed by atoms with Crippen LogP contribution in [0.3, 0.4) is 0 Å². The van der Waals surface area contributed by atoms with Gasteiger partial charge in [0.1, 0.15) is 11.5 Å². The summed E-state index contributed by atoms with van der Waals surface area (Å²) in [4.78, 5) is 13.3. The molecule has 0 radical (unpaired) electrons. The van der Waals surface area contributed by atoms with Crippen molar-refractivity contribution in [3.8, 4) is 0 Å². The molecule has 1 aliphatic rings. The molecule has 2 amide bonds. The highest BCUT2D eigenvalue weighted by atomic mass is 32.2. The Morgan fingerprint density at radius 3 is 2.82 bits per heavy atom. The smallest absolute Gasteiger partial charge is 0.324 e. The van der Waals surface area contributed by atoms with Crippen LogP contribution in [0.5, 0.6) is 0 Å². The van der Waals surface area contributed by atoms with Gasteiger partial charge in [0.05, 0.1) is 25.5 Å². The van der Waals surface area contributed by atoms with Crippen LogP contribution in [-0.2, 0) is 17.0 Å². The third-order valence-corrected chi connectivity index (χ3v) is 5.14. The lowest BCUT2D eigenvalue weighted by Crippen LogP contribution is -2.35. The molecule has 2 N–H and O–H groups in total. The molecular weight excluding hydrogens is 322 g/mol. The fourth-order valence-corrected chi connectivity index (χ4v) is 3.65. The molecule has 2 heterocycles. The van der Waals surface area contributed by atoms with Crippen molar-refractivity contribution < 1.29 is 13.9 Å². The number of thioether (sulfide) groups is 1. The highest BCUT2D eigenvalue weighted by Gasteiger charge is 2.12. The van der Waals surface area contributed by atoms with Crippen LogP contribution in [0.15, 0.2) is 16.5 Å². The van der Waals surface area contributed by atoms with Gasteiger partial charge in [0.25, 0.3) is 0 Å². The van der Waals surface area contributed by atoms with Crippen LogP contribution in [0, 0.1) is 0 Å². The number of nitrogens with one attached hydrogen (secondary N) is 2. The summed E-state index contributed by atoms with van der Waals surface area (Å²) in [6, 6.07) is 3.96. The molecule has 22 heavy (non-hydrogen) atoms. The summed E-state index contributed by atoms with van der Waals surface area (Å²) in [7, 11) is 1.61. The molecule has 0 aromatic carbocycles. The number of rotatable bonds is 8. The first-order chi connectivity index (χ1) is 10.8. The Morgan fingerprint density at radius 2 is 2.05 bits per heavy atom. The first-order valence-corrected chi connectivity index (χ1v) is 9.47. The molecule has 0 unspecified atom stereocenters. The van der Waals surface area contributed by atoms with E-state index in [0.29, 0.717) is 0 Å². The zero-order valence-electron chi connectivity index (χ0n) is 12.8. The molecule has 0 saturated carbocycles. The zero-order valence-corrected chi connectivity index (χ0v) is 14.4. The molecule has 8 heteroatoms. The molecular formula is C14H23N3O3S2. The first-order valence-electron chi connectivity index (χ1n) is 7.33. The summed E-state index contributed by atoms with van der Waals surface area (Å²) < 4.78 is 13.9. The van der Waals surface area contributed by atoms with Crippen LogP contribution < -0.4 is 10.0 Å². The minimum Gasteiger partial charge on any atom is -0.464 e. The van der Waals surface area contributed by atoms with Gasteiger partial charge in [0, 0.05) is 31.6 Å². The fraction of sp³-hybridized carbons (Fsp3) is 0.643. The maximum absolute atomic E-state index is 11.0. The summed E-state index contributed by atoms with van der Waals surface area (Å²) >= 11 is 3.22. The van der Waals surface area contributed by atoms with Crippen LogP contribution in [-0.4, -0.2) is 55.8 Å². The summed E-state index contributed by atoms with van der Waals surface area (Å²) in [5.74, 6) is 4.74. The topological polar surface area (TPSA) is 66.7 Å². The maximum atomic E-state index is 11.0. The van der Waals surface area contributed by atoms with Crippen molar-refractivity contribution in [1.82, 2.24) is 14.9 Å². The Kier molecular flexibility index (Phi) is 8.00. The Balaban J connectivity index is 1.57. The molecule has 1 aliphatic heterocycles. The number of amides is 2. The lowest BCUT2D eigenvalue weighted by atomic mass is 10.3. The van der Waals surface area contributed by atoms with Gasteiger partial charge in [0.15, 0.2) is 0 Å². The van der Waals surface area contributed by atoms with Gasteiger partial charge in [-0.25, -0.2) is 4.79 Å².